The Morgan fingerprint density at radius 2 is 2.16 bits per heavy atom. The van der Waals surface area contributed by atoms with Crippen molar-refractivity contribution in [1.82, 2.24) is 19.9 Å². The molecule has 0 atom stereocenters. The SMILES string of the molecule is CCc1cccnc1CNCc1cncn1C(C)C. The molecule has 0 spiro atoms. The number of imidazole rings is 1. The third kappa shape index (κ3) is 3.41. The number of hydrogen-bond acceptors (Lipinski definition) is 3. The van der Waals surface area contributed by atoms with Crippen LogP contribution in [-0.4, -0.2) is 14.5 Å². The summed E-state index contributed by atoms with van der Waals surface area (Å²) in [5.74, 6) is 0. The Bertz CT molecular complexity index is 516. The van der Waals surface area contributed by atoms with E-state index < -0.39 is 0 Å². The fraction of sp³-hybridized carbons (Fsp3) is 0.467. The Morgan fingerprint density at radius 3 is 2.89 bits per heavy atom. The molecule has 0 aliphatic carbocycles. The highest BCUT2D eigenvalue weighted by Gasteiger charge is 2.06. The van der Waals surface area contributed by atoms with Gasteiger partial charge in [-0.25, -0.2) is 4.98 Å². The summed E-state index contributed by atoms with van der Waals surface area (Å²) in [5.41, 5.74) is 3.66. The van der Waals surface area contributed by atoms with Gasteiger partial charge in [0, 0.05) is 31.5 Å². The largest absolute Gasteiger partial charge is 0.331 e. The number of pyridine rings is 1. The van der Waals surface area contributed by atoms with E-state index in [0.29, 0.717) is 6.04 Å². The van der Waals surface area contributed by atoms with Crippen molar-refractivity contribution in [2.45, 2.75) is 46.3 Å². The van der Waals surface area contributed by atoms with Crippen molar-refractivity contribution in [3.8, 4) is 0 Å². The molecule has 4 heteroatoms. The van der Waals surface area contributed by atoms with E-state index in [9.17, 15) is 0 Å². The molecule has 0 saturated carbocycles. The van der Waals surface area contributed by atoms with Crippen molar-refractivity contribution >= 4 is 0 Å². The Balaban J connectivity index is 1.95. The summed E-state index contributed by atoms with van der Waals surface area (Å²) in [6.07, 6.45) is 6.69. The first kappa shape index (κ1) is 13.7. The molecular weight excluding hydrogens is 236 g/mol. The van der Waals surface area contributed by atoms with Gasteiger partial charge in [-0.2, -0.15) is 0 Å². The van der Waals surface area contributed by atoms with Crippen LogP contribution in [-0.2, 0) is 19.5 Å². The fourth-order valence-electron chi connectivity index (χ4n) is 2.20. The predicted octanol–water partition coefficient (Wildman–Crippen LogP) is 2.71. The number of nitrogens with one attached hydrogen (secondary N) is 1. The quantitative estimate of drug-likeness (QED) is 0.866. The fourth-order valence-corrected chi connectivity index (χ4v) is 2.20. The Morgan fingerprint density at radius 1 is 1.32 bits per heavy atom. The van der Waals surface area contributed by atoms with E-state index in [-0.39, 0.29) is 0 Å². The lowest BCUT2D eigenvalue weighted by Gasteiger charge is -2.13. The number of rotatable bonds is 6. The first-order chi connectivity index (χ1) is 9.22. The lowest BCUT2D eigenvalue weighted by molar-refractivity contribution is 0.548. The van der Waals surface area contributed by atoms with Gasteiger partial charge in [0.2, 0.25) is 0 Å². The van der Waals surface area contributed by atoms with Gasteiger partial charge in [0.1, 0.15) is 0 Å². The monoisotopic (exact) mass is 258 g/mol. The number of aryl methyl sites for hydroxylation is 1. The average Bonchev–Trinajstić information content (AvgIpc) is 2.88. The van der Waals surface area contributed by atoms with Crippen molar-refractivity contribution < 1.29 is 0 Å². The van der Waals surface area contributed by atoms with Crippen molar-refractivity contribution in [2.24, 2.45) is 0 Å². The first-order valence-electron chi connectivity index (χ1n) is 6.86. The standard InChI is InChI=1S/C15H22N4/c1-4-13-6-5-7-18-15(13)10-16-8-14-9-17-11-19(14)12(2)3/h5-7,9,11-12,16H,4,8,10H2,1-3H3. The first-order valence-corrected chi connectivity index (χ1v) is 6.86. The van der Waals surface area contributed by atoms with Crippen LogP contribution in [0, 0.1) is 0 Å². The minimum absolute atomic E-state index is 0.445. The molecule has 0 bridgehead atoms. The normalized spacial score (nSPS) is 11.2. The van der Waals surface area contributed by atoms with E-state index in [1.54, 1.807) is 0 Å². The van der Waals surface area contributed by atoms with E-state index in [0.717, 1.165) is 25.2 Å². The van der Waals surface area contributed by atoms with Crippen molar-refractivity contribution in [1.29, 1.82) is 0 Å². The van der Waals surface area contributed by atoms with Gasteiger partial charge in [-0.3, -0.25) is 4.98 Å². The van der Waals surface area contributed by atoms with Gasteiger partial charge in [-0.1, -0.05) is 13.0 Å². The van der Waals surface area contributed by atoms with Crippen LogP contribution in [0.1, 0.15) is 43.8 Å². The van der Waals surface area contributed by atoms with E-state index in [1.165, 1.54) is 11.3 Å². The van der Waals surface area contributed by atoms with Gasteiger partial charge in [-0.05, 0) is 31.9 Å². The van der Waals surface area contributed by atoms with Crippen LogP contribution >= 0.6 is 0 Å². The molecule has 0 aromatic carbocycles. The molecule has 102 valence electrons. The zero-order chi connectivity index (χ0) is 13.7. The average molecular weight is 258 g/mol. The topological polar surface area (TPSA) is 42.7 Å². The van der Waals surface area contributed by atoms with Gasteiger partial charge < -0.3 is 9.88 Å². The highest BCUT2D eigenvalue weighted by Crippen LogP contribution is 2.09. The summed E-state index contributed by atoms with van der Waals surface area (Å²) in [6, 6.07) is 4.58. The minimum atomic E-state index is 0.445. The molecule has 0 aliphatic rings. The highest BCUT2D eigenvalue weighted by atomic mass is 15.1. The third-order valence-electron chi connectivity index (χ3n) is 3.27. The molecule has 0 amide bonds. The van der Waals surface area contributed by atoms with Crippen LogP contribution in [0.3, 0.4) is 0 Å². The van der Waals surface area contributed by atoms with Crippen LogP contribution in [0.25, 0.3) is 0 Å². The van der Waals surface area contributed by atoms with E-state index in [2.05, 4.69) is 46.7 Å². The van der Waals surface area contributed by atoms with Crippen LogP contribution in [0.2, 0.25) is 0 Å². The van der Waals surface area contributed by atoms with E-state index in [4.69, 9.17) is 0 Å². The molecule has 4 nitrogen and oxygen atoms in total. The number of nitrogens with zero attached hydrogens (tertiary/aromatic N) is 3. The molecule has 0 unspecified atom stereocenters. The second-order valence-electron chi connectivity index (χ2n) is 4.95. The van der Waals surface area contributed by atoms with Gasteiger partial charge >= 0.3 is 0 Å². The second-order valence-corrected chi connectivity index (χ2v) is 4.95. The molecule has 0 radical (unpaired) electrons. The zero-order valence-electron chi connectivity index (χ0n) is 11.9. The molecule has 19 heavy (non-hydrogen) atoms. The van der Waals surface area contributed by atoms with Gasteiger partial charge in [0.05, 0.1) is 17.7 Å². The Labute approximate surface area is 114 Å². The number of aromatic nitrogens is 3. The summed E-state index contributed by atoms with van der Waals surface area (Å²) >= 11 is 0. The molecule has 2 rings (SSSR count). The molecule has 0 saturated heterocycles. The van der Waals surface area contributed by atoms with Gasteiger partial charge in [0.25, 0.3) is 0 Å². The van der Waals surface area contributed by atoms with Crippen LogP contribution in [0.5, 0.6) is 0 Å². The minimum Gasteiger partial charge on any atom is -0.331 e. The lowest BCUT2D eigenvalue weighted by atomic mass is 10.1. The van der Waals surface area contributed by atoms with Crippen molar-refractivity contribution in [3.63, 3.8) is 0 Å². The zero-order valence-corrected chi connectivity index (χ0v) is 11.9. The smallest absolute Gasteiger partial charge is 0.0951 e. The molecule has 2 heterocycles. The third-order valence-corrected chi connectivity index (χ3v) is 3.27. The summed E-state index contributed by atoms with van der Waals surface area (Å²) in [6.45, 7) is 8.11. The van der Waals surface area contributed by atoms with E-state index in [1.807, 2.05) is 24.8 Å². The van der Waals surface area contributed by atoms with Crippen LogP contribution in [0.15, 0.2) is 30.9 Å². The second kappa shape index (κ2) is 6.48. The maximum atomic E-state index is 4.44. The predicted molar refractivity (Wildman–Crippen MR) is 76.8 cm³/mol. The number of hydrogen-bond donors (Lipinski definition) is 1. The van der Waals surface area contributed by atoms with Gasteiger partial charge in [0.15, 0.2) is 0 Å². The lowest BCUT2D eigenvalue weighted by Crippen LogP contribution is -2.18. The molecular formula is C15H22N4. The van der Waals surface area contributed by atoms with Gasteiger partial charge in [-0.15, -0.1) is 0 Å². The maximum absolute atomic E-state index is 4.44. The Kier molecular flexibility index (Phi) is 4.68. The molecule has 2 aromatic rings. The Hall–Kier alpha value is -1.68. The molecule has 2 aromatic heterocycles. The van der Waals surface area contributed by atoms with Crippen molar-refractivity contribution in [2.75, 3.05) is 0 Å². The van der Waals surface area contributed by atoms with Crippen LogP contribution in [0.4, 0.5) is 0 Å². The summed E-state index contributed by atoms with van der Waals surface area (Å²) < 4.78 is 2.19. The molecule has 0 fully saturated rings. The van der Waals surface area contributed by atoms with Crippen LogP contribution < -0.4 is 5.32 Å². The molecule has 0 aliphatic heterocycles. The van der Waals surface area contributed by atoms with E-state index >= 15 is 0 Å². The summed E-state index contributed by atoms with van der Waals surface area (Å²) in [4.78, 5) is 8.65. The maximum Gasteiger partial charge on any atom is 0.0951 e. The summed E-state index contributed by atoms with van der Waals surface area (Å²) in [7, 11) is 0. The highest BCUT2D eigenvalue weighted by molar-refractivity contribution is 5.19. The molecule has 1 N–H and O–H groups in total. The summed E-state index contributed by atoms with van der Waals surface area (Å²) in [5, 5.41) is 3.45. The van der Waals surface area contributed by atoms with Crippen molar-refractivity contribution in [3.05, 3.63) is 47.8 Å².